The van der Waals surface area contributed by atoms with E-state index in [2.05, 4.69) is 26.5 Å². The van der Waals surface area contributed by atoms with Gasteiger partial charge in [-0.2, -0.15) is 5.10 Å². The Hall–Kier alpha value is -3.65. The van der Waals surface area contributed by atoms with E-state index in [4.69, 9.17) is 14.2 Å². The number of ether oxygens (including phenoxy) is 3. The highest BCUT2D eigenvalue weighted by atomic mass is 79.9. The number of hydrazone groups is 1. The molecule has 1 amide bonds. The zero-order valence-electron chi connectivity index (χ0n) is 16.4. The second kappa shape index (κ2) is 9.01. The molecule has 1 aliphatic rings. The van der Waals surface area contributed by atoms with Crippen molar-refractivity contribution in [2.45, 2.75) is 6.92 Å². The highest BCUT2D eigenvalue weighted by molar-refractivity contribution is 9.10. The number of amides is 1. The summed E-state index contributed by atoms with van der Waals surface area (Å²) in [6.07, 6.45) is 1.41. The number of aryl methyl sites for hydroxylation is 1. The number of hydrogen-bond acceptors (Lipinski definition) is 6. The molecular formula is C23H17BrN2O5. The van der Waals surface area contributed by atoms with E-state index >= 15 is 0 Å². The molecule has 1 aliphatic heterocycles. The summed E-state index contributed by atoms with van der Waals surface area (Å²) in [5.74, 6) is 0.516. The van der Waals surface area contributed by atoms with E-state index < -0.39 is 11.9 Å². The number of rotatable bonds is 5. The summed E-state index contributed by atoms with van der Waals surface area (Å²) in [6, 6.07) is 17.1. The fourth-order valence-corrected chi connectivity index (χ4v) is 3.20. The van der Waals surface area contributed by atoms with Crippen LogP contribution >= 0.6 is 15.9 Å². The molecule has 0 saturated carbocycles. The van der Waals surface area contributed by atoms with Gasteiger partial charge < -0.3 is 14.2 Å². The van der Waals surface area contributed by atoms with Gasteiger partial charge in [0.1, 0.15) is 5.75 Å². The predicted molar refractivity (Wildman–Crippen MR) is 118 cm³/mol. The van der Waals surface area contributed by atoms with Crippen molar-refractivity contribution in [3.63, 3.8) is 0 Å². The third kappa shape index (κ3) is 4.92. The minimum absolute atomic E-state index is 0.130. The number of carbonyl (C=O) groups excluding carboxylic acids is 2. The van der Waals surface area contributed by atoms with Crippen LogP contribution in [0.15, 0.2) is 70.2 Å². The van der Waals surface area contributed by atoms with Gasteiger partial charge in [-0.05, 0) is 55.5 Å². The van der Waals surface area contributed by atoms with Gasteiger partial charge in [-0.3, -0.25) is 4.79 Å². The fraction of sp³-hybridized carbons (Fsp3) is 0.0870. The largest absolute Gasteiger partial charge is 0.454 e. The molecule has 1 N–H and O–H groups in total. The van der Waals surface area contributed by atoms with Crippen LogP contribution in [0.4, 0.5) is 0 Å². The lowest BCUT2D eigenvalue weighted by atomic mass is 10.1. The van der Waals surface area contributed by atoms with E-state index in [1.54, 1.807) is 48.5 Å². The molecule has 0 aliphatic carbocycles. The Morgan fingerprint density at radius 1 is 1.00 bits per heavy atom. The summed E-state index contributed by atoms with van der Waals surface area (Å²) in [5.41, 5.74) is 4.83. The first-order chi connectivity index (χ1) is 15.0. The minimum Gasteiger partial charge on any atom is -0.454 e. The first kappa shape index (κ1) is 20.6. The molecule has 0 saturated heterocycles. The van der Waals surface area contributed by atoms with Crippen molar-refractivity contribution in [3.05, 3.63) is 87.4 Å². The maximum absolute atomic E-state index is 12.5. The molecule has 1 heterocycles. The molecule has 0 atom stereocenters. The number of benzene rings is 3. The molecule has 8 heteroatoms. The van der Waals surface area contributed by atoms with Crippen molar-refractivity contribution in [3.8, 4) is 17.2 Å². The van der Waals surface area contributed by atoms with Crippen LogP contribution in [0.1, 0.15) is 31.8 Å². The monoisotopic (exact) mass is 480 g/mol. The number of nitrogens with zero attached hydrogens (tertiary/aromatic N) is 1. The number of fused-ring (bicyclic) bond motifs is 1. The van der Waals surface area contributed by atoms with Crippen molar-refractivity contribution in [2.75, 3.05) is 6.79 Å². The van der Waals surface area contributed by atoms with Crippen molar-refractivity contribution in [2.24, 2.45) is 5.10 Å². The summed E-state index contributed by atoms with van der Waals surface area (Å²) < 4.78 is 16.8. The molecule has 0 unspecified atom stereocenters. The fourth-order valence-electron chi connectivity index (χ4n) is 2.82. The summed E-state index contributed by atoms with van der Waals surface area (Å²) >= 11 is 3.39. The normalized spacial score (nSPS) is 12.1. The van der Waals surface area contributed by atoms with Crippen LogP contribution in [0.3, 0.4) is 0 Å². The van der Waals surface area contributed by atoms with Crippen molar-refractivity contribution >= 4 is 34.0 Å². The SMILES string of the molecule is Cc1ccc(C(=O)Oc2ccc(Br)cc2/C=N\NC(=O)c2ccc3c(c2)OCO3)cc1. The molecule has 0 fully saturated rings. The van der Waals surface area contributed by atoms with Crippen LogP contribution < -0.4 is 19.6 Å². The standard InChI is InChI=1S/C23H17BrN2O5/c1-14-2-4-15(5-3-14)23(28)31-19-9-7-18(24)10-17(19)12-25-26-22(27)16-6-8-20-21(11-16)30-13-29-20/h2-12H,13H2,1H3,(H,26,27)/b25-12-. The van der Waals surface area contributed by atoms with Gasteiger partial charge in [0.2, 0.25) is 6.79 Å². The Kier molecular flexibility index (Phi) is 5.99. The Bertz CT molecular complexity index is 1180. The first-order valence-electron chi connectivity index (χ1n) is 9.31. The topological polar surface area (TPSA) is 86.2 Å². The third-order valence-electron chi connectivity index (χ3n) is 4.47. The Balaban J connectivity index is 1.47. The van der Waals surface area contributed by atoms with Crippen molar-refractivity contribution in [1.29, 1.82) is 0 Å². The number of halogens is 1. The van der Waals surface area contributed by atoms with E-state index in [-0.39, 0.29) is 6.79 Å². The van der Waals surface area contributed by atoms with Crippen molar-refractivity contribution in [1.82, 2.24) is 5.43 Å². The lowest BCUT2D eigenvalue weighted by molar-refractivity contribution is 0.0734. The highest BCUT2D eigenvalue weighted by Crippen LogP contribution is 2.32. The molecule has 0 spiro atoms. The van der Waals surface area contributed by atoms with Crippen LogP contribution in [0.5, 0.6) is 17.2 Å². The average molecular weight is 481 g/mol. The summed E-state index contributed by atoms with van der Waals surface area (Å²) in [7, 11) is 0. The van der Waals surface area contributed by atoms with Gasteiger partial charge in [-0.1, -0.05) is 33.6 Å². The lowest BCUT2D eigenvalue weighted by Crippen LogP contribution is -2.17. The maximum atomic E-state index is 12.5. The Labute approximate surface area is 186 Å². The van der Waals surface area contributed by atoms with Gasteiger partial charge in [0, 0.05) is 15.6 Å². The molecule has 0 radical (unpaired) electrons. The number of nitrogens with one attached hydrogen (secondary N) is 1. The highest BCUT2D eigenvalue weighted by Gasteiger charge is 2.16. The summed E-state index contributed by atoms with van der Waals surface area (Å²) in [4.78, 5) is 24.8. The molecular weight excluding hydrogens is 464 g/mol. The van der Waals surface area contributed by atoms with Crippen LogP contribution in [0, 0.1) is 6.92 Å². The molecule has 156 valence electrons. The van der Waals surface area contributed by atoms with Crippen LogP contribution in [-0.2, 0) is 0 Å². The maximum Gasteiger partial charge on any atom is 0.343 e. The van der Waals surface area contributed by atoms with E-state index in [0.717, 1.165) is 10.0 Å². The molecule has 7 nitrogen and oxygen atoms in total. The third-order valence-corrected chi connectivity index (χ3v) is 4.96. The van der Waals surface area contributed by atoms with E-state index in [1.165, 1.54) is 6.21 Å². The van der Waals surface area contributed by atoms with Crippen LogP contribution in [-0.4, -0.2) is 24.9 Å². The lowest BCUT2D eigenvalue weighted by Gasteiger charge is -2.08. The second-order valence-electron chi connectivity index (χ2n) is 6.70. The zero-order chi connectivity index (χ0) is 21.8. The number of carbonyl (C=O) groups is 2. The smallest absolute Gasteiger partial charge is 0.343 e. The molecule has 3 aromatic rings. The molecule has 4 rings (SSSR count). The van der Waals surface area contributed by atoms with E-state index in [1.807, 2.05) is 19.1 Å². The van der Waals surface area contributed by atoms with E-state index in [0.29, 0.717) is 33.9 Å². The van der Waals surface area contributed by atoms with Gasteiger partial charge in [0.15, 0.2) is 11.5 Å². The van der Waals surface area contributed by atoms with Gasteiger partial charge >= 0.3 is 5.97 Å². The van der Waals surface area contributed by atoms with Gasteiger partial charge in [0.05, 0.1) is 11.8 Å². The Morgan fingerprint density at radius 3 is 2.55 bits per heavy atom. The van der Waals surface area contributed by atoms with Gasteiger partial charge in [0.25, 0.3) is 5.91 Å². The van der Waals surface area contributed by atoms with Crippen molar-refractivity contribution < 1.29 is 23.8 Å². The summed E-state index contributed by atoms with van der Waals surface area (Å²) in [6.45, 7) is 2.07. The predicted octanol–water partition coefficient (Wildman–Crippen LogP) is 4.47. The van der Waals surface area contributed by atoms with E-state index in [9.17, 15) is 9.59 Å². The minimum atomic E-state index is -0.485. The van der Waals surface area contributed by atoms with Crippen LogP contribution in [0.25, 0.3) is 0 Å². The van der Waals surface area contributed by atoms with Gasteiger partial charge in [-0.25, -0.2) is 10.2 Å². The molecule has 0 aromatic heterocycles. The Morgan fingerprint density at radius 2 is 1.74 bits per heavy atom. The molecule has 31 heavy (non-hydrogen) atoms. The van der Waals surface area contributed by atoms with Crippen LogP contribution in [0.2, 0.25) is 0 Å². The second-order valence-corrected chi connectivity index (χ2v) is 7.62. The van der Waals surface area contributed by atoms with Gasteiger partial charge in [-0.15, -0.1) is 0 Å². The first-order valence-corrected chi connectivity index (χ1v) is 10.1. The number of hydrogen-bond donors (Lipinski definition) is 1. The summed E-state index contributed by atoms with van der Waals surface area (Å²) in [5, 5.41) is 4.00. The zero-order valence-corrected chi connectivity index (χ0v) is 18.0. The number of esters is 1. The molecule has 0 bridgehead atoms. The average Bonchev–Trinajstić information content (AvgIpc) is 3.23. The quantitative estimate of drug-likeness (QED) is 0.252. The molecule has 3 aromatic carbocycles.